The molecule has 1 amide bonds. The maximum atomic E-state index is 15.9. The number of benzene rings is 2. The highest BCUT2D eigenvalue weighted by Crippen LogP contribution is 2.57. The number of aliphatic hydroxyl groups is 1. The van der Waals surface area contributed by atoms with Crippen LogP contribution < -0.4 is 10.6 Å². The van der Waals surface area contributed by atoms with Crippen LogP contribution in [-0.4, -0.2) is 34.5 Å². The van der Waals surface area contributed by atoms with Crippen molar-refractivity contribution in [2.75, 3.05) is 5.32 Å². The Labute approximate surface area is 239 Å². The number of nitrogens with one attached hydrogen (secondary N) is 2. The molecule has 2 aliphatic heterocycles. The zero-order chi connectivity index (χ0) is 28.3. The van der Waals surface area contributed by atoms with Gasteiger partial charge < -0.3 is 15.7 Å². The van der Waals surface area contributed by atoms with Gasteiger partial charge in [0.1, 0.15) is 11.2 Å². The number of hydrogen-bond acceptors (Lipinski definition) is 4. The number of halogens is 3. The Bertz CT molecular complexity index is 1300. The van der Waals surface area contributed by atoms with Crippen LogP contribution in [-0.2, 0) is 15.0 Å². The maximum Gasteiger partial charge on any atom is 0.237 e. The van der Waals surface area contributed by atoms with Gasteiger partial charge in [-0.15, -0.1) is 0 Å². The summed E-state index contributed by atoms with van der Waals surface area (Å²) in [5.41, 5.74) is -0.573. The molecule has 1 aliphatic carbocycles. The zero-order valence-corrected chi connectivity index (χ0v) is 24.4. The second kappa shape index (κ2) is 10.1. The van der Waals surface area contributed by atoms with Crippen LogP contribution in [0.15, 0.2) is 36.4 Å². The lowest BCUT2D eigenvalue weighted by atomic mass is 9.62. The second-order valence-electron chi connectivity index (χ2n) is 13.2. The number of anilines is 1. The lowest BCUT2D eigenvalue weighted by Gasteiger charge is -2.38. The van der Waals surface area contributed by atoms with Crippen molar-refractivity contribution in [1.82, 2.24) is 5.32 Å². The predicted octanol–water partition coefficient (Wildman–Crippen LogP) is 6.78. The smallest absolute Gasteiger partial charge is 0.237 e. The minimum atomic E-state index is -1.24. The summed E-state index contributed by atoms with van der Waals surface area (Å²) in [7, 11) is 0. The van der Waals surface area contributed by atoms with E-state index in [1.54, 1.807) is 24.3 Å². The molecule has 1 saturated carbocycles. The van der Waals surface area contributed by atoms with Gasteiger partial charge in [-0.2, -0.15) is 0 Å². The Morgan fingerprint density at radius 3 is 2.51 bits per heavy atom. The van der Waals surface area contributed by atoms with Crippen molar-refractivity contribution < 1.29 is 19.1 Å². The monoisotopic (exact) mass is 574 g/mol. The van der Waals surface area contributed by atoms with Gasteiger partial charge in [0.25, 0.3) is 0 Å². The Hall–Kier alpha value is -1.99. The highest BCUT2D eigenvalue weighted by Gasteiger charge is 2.66. The molecule has 5 rings (SSSR count). The summed E-state index contributed by atoms with van der Waals surface area (Å²) in [6.45, 7) is 8.12. The Balaban J connectivity index is 1.65. The van der Waals surface area contributed by atoms with Crippen molar-refractivity contribution in [1.29, 1.82) is 0 Å². The number of carbonyl (C=O) groups is 2. The second-order valence-corrected chi connectivity index (χ2v) is 14.0. The summed E-state index contributed by atoms with van der Waals surface area (Å²) >= 11 is 12.6. The van der Waals surface area contributed by atoms with Crippen LogP contribution in [0.4, 0.5) is 10.1 Å². The first kappa shape index (κ1) is 28.5. The number of hydrogen-bond donors (Lipinski definition) is 3. The summed E-state index contributed by atoms with van der Waals surface area (Å²) in [6.07, 6.45) is 3.67. The Morgan fingerprint density at radius 2 is 1.85 bits per heavy atom. The van der Waals surface area contributed by atoms with Crippen LogP contribution in [0.25, 0.3) is 0 Å². The minimum absolute atomic E-state index is 0.0441. The largest absolute Gasteiger partial charge is 0.390 e. The number of Topliss-reactive ketones (excluding diaryl/α,β-unsaturated/α-hetero) is 1. The van der Waals surface area contributed by atoms with Crippen LogP contribution in [0.5, 0.6) is 0 Å². The molecule has 0 aromatic heterocycles. The molecule has 0 unspecified atom stereocenters. The summed E-state index contributed by atoms with van der Waals surface area (Å²) in [5.74, 6) is -1.61. The van der Waals surface area contributed by atoms with Crippen molar-refractivity contribution in [3.8, 4) is 0 Å². The average Bonchev–Trinajstić information content (AvgIpc) is 3.31. The molecule has 8 heteroatoms. The minimum Gasteiger partial charge on any atom is -0.390 e. The first-order valence-corrected chi connectivity index (χ1v) is 14.5. The third kappa shape index (κ3) is 5.14. The molecule has 2 heterocycles. The van der Waals surface area contributed by atoms with Gasteiger partial charge in [0.15, 0.2) is 5.78 Å². The quantitative estimate of drug-likeness (QED) is 0.367. The van der Waals surface area contributed by atoms with Crippen molar-refractivity contribution in [3.05, 3.63) is 63.4 Å². The summed E-state index contributed by atoms with van der Waals surface area (Å²) < 4.78 is 15.9. The fraction of sp³-hybridized carbons (Fsp3) is 0.548. The third-order valence-electron chi connectivity index (χ3n) is 8.96. The van der Waals surface area contributed by atoms with Gasteiger partial charge in [0.05, 0.1) is 16.7 Å². The predicted molar refractivity (Wildman–Crippen MR) is 153 cm³/mol. The fourth-order valence-electron chi connectivity index (χ4n) is 7.12. The average molecular weight is 576 g/mol. The molecule has 0 bridgehead atoms. The molecule has 2 fully saturated rings. The highest BCUT2D eigenvalue weighted by atomic mass is 35.5. The van der Waals surface area contributed by atoms with E-state index in [1.807, 2.05) is 13.0 Å². The van der Waals surface area contributed by atoms with E-state index in [1.165, 1.54) is 6.07 Å². The van der Waals surface area contributed by atoms with E-state index in [-0.39, 0.29) is 33.6 Å². The molecular formula is C31H37Cl2FN2O3. The van der Waals surface area contributed by atoms with Crippen LogP contribution >= 0.6 is 23.2 Å². The van der Waals surface area contributed by atoms with Crippen LogP contribution in [0.1, 0.15) is 83.3 Å². The van der Waals surface area contributed by atoms with Crippen LogP contribution in [0.2, 0.25) is 10.0 Å². The lowest BCUT2D eigenvalue weighted by molar-refractivity contribution is -0.123. The van der Waals surface area contributed by atoms with Crippen molar-refractivity contribution in [3.63, 3.8) is 0 Å². The molecule has 1 saturated heterocycles. The standard InChI is InChI=1S/C31H37Cl2FN2O3/c1-29(2,3)16-24-31(20-9-8-18(32)15-22(20)35-28(31)38)25(19-6-5-7-21(33)26(19)34)27(36-24)23(37)14-17-10-12-30(4,39)13-11-17/h5-9,15,17,24-25,27,36,39H,10-14,16H2,1-4H3,(H,35,38)/t17?,24-,25+,27+,30?,31+/m1/s1. The van der Waals surface area contributed by atoms with E-state index < -0.39 is 34.8 Å². The fourth-order valence-corrected chi connectivity index (χ4v) is 7.47. The van der Waals surface area contributed by atoms with Gasteiger partial charge in [-0.3, -0.25) is 9.59 Å². The number of ketones is 1. The van der Waals surface area contributed by atoms with Gasteiger partial charge in [-0.25, -0.2) is 4.39 Å². The van der Waals surface area contributed by atoms with Crippen LogP contribution in [0.3, 0.4) is 0 Å². The topological polar surface area (TPSA) is 78.4 Å². The van der Waals surface area contributed by atoms with E-state index in [2.05, 4.69) is 31.4 Å². The molecule has 2 aromatic carbocycles. The van der Waals surface area contributed by atoms with Gasteiger partial charge in [-0.1, -0.05) is 62.2 Å². The van der Waals surface area contributed by atoms with E-state index in [9.17, 15) is 14.7 Å². The normalized spacial score (nSPS) is 32.4. The molecule has 210 valence electrons. The molecule has 2 aromatic rings. The molecule has 4 atom stereocenters. The first-order chi connectivity index (χ1) is 18.2. The van der Waals surface area contributed by atoms with Crippen LogP contribution in [0, 0.1) is 17.2 Å². The molecule has 0 radical (unpaired) electrons. The molecular weight excluding hydrogens is 538 g/mol. The number of fused-ring (bicyclic) bond motifs is 2. The van der Waals surface area contributed by atoms with E-state index in [0.717, 1.165) is 12.8 Å². The van der Waals surface area contributed by atoms with Crippen molar-refractivity contribution in [2.45, 2.75) is 95.2 Å². The summed E-state index contributed by atoms with van der Waals surface area (Å²) in [4.78, 5) is 28.3. The van der Waals surface area contributed by atoms with Crippen molar-refractivity contribution in [2.24, 2.45) is 11.3 Å². The lowest BCUT2D eigenvalue weighted by Crippen LogP contribution is -2.49. The number of amides is 1. The van der Waals surface area contributed by atoms with Gasteiger partial charge in [-0.05, 0) is 79.7 Å². The van der Waals surface area contributed by atoms with E-state index in [4.69, 9.17) is 23.2 Å². The number of carbonyl (C=O) groups excluding carboxylic acids is 2. The van der Waals surface area contributed by atoms with E-state index in [0.29, 0.717) is 42.0 Å². The molecule has 1 spiro atoms. The molecule has 3 aliphatic rings. The summed E-state index contributed by atoms with van der Waals surface area (Å²) in [5, 5.41) is 17.4. The van der Waals surface area contributed by atoms with Gasteiger partial charge in [0.2, 0.25) is 5.91 Å². The Kier molecular flexibility index (Phi) is 7.41. The first-order valence-electron chi connectivity index (χ1n) is 13.8. The number of rotatable bonds is 5. The van der Waals surface area contributed by atoms with Gasteiger partial charge in [0, 0.05) is 29.1 Å². The summed E-state index contributed by atoms with van der Waals surface area (Å²) in [6, 6.07) is 8.86. The molecule has 3 N–H and O–H groups in total. The van der Waals surface area contributed by atoms with E-state index >= 15 is 4.39 Å². The highest BCUT2D eigenvalue weighted by molar-refractivity contribution is 6.31. The Morgan fingerprint density at radius 1 is 1.15 bits per heavy atom. The third-order valence-corrected chi connectivity index (χ3v) is 9.48. The van der Waals surface area contributed by atoms with Crippen molar-refractivity contribution >= 4 is 40.6 Å². The molecule has 39 heavy (non-hydrogen) atoms. The zero-order valence-electron chi connectivity index (χ0n) is 22.9. The van der Waals surface area contributed by atoms with Gasteiger partial charge >= 0.3 is 0 Å². The maximum absolute atomic E-state index is 15.9. The SMILES string of the molecule is CC(C)(C)C[C@H]1N[C@@H](C(=O)CC2CCC(C)(O)CC2)[C@H](c2cccc(Cl)c2F)[C@@]12C(=O)Nc1cc(Cl)ccc12. The molecule has 5 nitrogen and oxygen atoms in total.